The molecule has 1 fully saturated rings. The van der Waals surface area contributed by atoms with Gasteiger partial charge in [-0.2, -0.15) is 0 Å². The fourth-order valence-electron chi connectivity index (χ4n) is 2.46. The average Bonchev–Trinajstić information content (AvgIpc) is 2.39. The average molecular weight is 282 g/mol. The van der Waals surface area contributed by atoms with E-state index in [4.69, 9.17) is 0 Å². The lowest BCUT2D eigenvalue weighted by Crippen LogP contribution is -2.44. The molecule has 1 saturated heterocycles. The van der Waals surface area contributed by atoms with Gasteiger partial charge in [0.25, 0.3) is 0 Å². The van der Waals surface area contributed by atoms with Crippen LogP contribution in [-0.4, -0.2) is 44.7 Å². The molecule has 106 valence electrons. The molecule has 1 aliphatic heterocycles. The summed E-state index contributed by atoms with van der Waals surface area (Å²) in [6.07, 6.45) is 4.12. The van der Waals surface area contributed by atoms with E-state index < -0.39 is 10.0 Å². The molecular formula is C14H22N2O2S. The molecule has 0 radical (unpaired) electrons. The monoisotopic (exact) mass is 282 g/mol. The Morgan fingerprint density at radius 1 is 1.21 bits per heavy atom. The minimum absolute atomic E-state index is 0.446. The normalized spacial score (nSPS) is 18.6. The first-order valence-corrected chi connectivity index (χ1v) is 8.63. The molecular weight excluding hydrogens is 260 g/mol. The van der Waals surface area contributed by atoms with Crippen LogP contribution in [0.2, 0.25) is 0 Å². The third kappa shape index (κ3) is 4.60. The summed E-state index contributed by atoms with van der Waals surface area (Å²) in [6, 6.07) is 10.8. The highest BCUT2D eigenvalue weighted by Crippen LogP contribution is 2.13. The lowest BCUT2D eigenvalue weighted by Gasteiger charge is -2.30. The van der Waals surface area contributed by atoms with Gasteiger partial charge in [0.15, 0.2) is 0 Å². The zero-order valence-corrected chi connectivity index (χ0v) is 12.2. The molecule has 1 N–H and O–H groups in total. The van der Waals surface area contributed by atoms with Gasteiger partial charge in [-0.25, -0.2) is 12.7 Å². The van der Waals surface area contributed by atoms with Gasteiger partial charge in [-0.3, -0.25) is 0 Å². The van der Waals surface area contributed by atoms with Crippen molar-refractivity contribution in [2.75, 3.05) is 25.9 Å². The third-order valence-electron chi connectivity index (χ3n) is 3.61. The van der Waals surface area contributed by atoms with Gasteiger partial charge >= 0.3 is 0 Å². The first-order valence-electron chi connectivity index (χ1n) is 6.78. The van der Waals surface area contributed by atoms with Crippen LogP contribution in [0.5, 0.6) is 0 Å². The number of nitrogens with zero attached hydrogens (tertiary/aromatic N) is 1. The maximum absolute atomic E-state index is 11.4. The molecule has 0 bridgehead atoms. The molecule has 0 atom stereocenters. The molecule has 19 heavy (non-hydrogen) atoms. The van der Waals surface area contributed by atoms with E-state index in [1.807, 2.05) is 6.07 Å². The van der Waals surface area contributed by atoms with Gasteiger partial charge in [-0.15, -0.1) is 0 Å². The Kier molecular flexibility index (Phi) is 4.96. The Hall–Kier alpha value is -0.910. The summed E-state index contributed by atoms with van der Waals surface area (Å²) in [5.41, 5.74) is 1.34. The Bertz CT molecular complexity index is 479. The van der Waals surface area contributed by atoms with E-state index in [9.17, 15) is 8.42 Å². The van der Waals surface area contributed by atoms with E-state index in [2.05, 4.69) is 29.6 Å². The standard InChI is InChI=1S/C14H22N2O2S/c1-19(17,18)16-11-8-14(9-12-16)15-10-7-13-5-3-2-4-6-13/h2-6,14-15H,7-12H2,1H3. The van der Waals surface area contributed by atoms with Crippen molar-refractivity contribution >= 4 is 10.0 Å². The van der Waals surface area contributed by atoms with Crippen molar-refractivity contribution in [3.8, 4) is 0 Å². The Balaban J connectivity index is 1.69. The highest BCUT2D eigenvalue weighted by Gasteiger charge is 2.24. The Morgan fingerprint density at radius 2 is 1.84 bits per heavy atom. The summed E-state index contributed by atoms with van der Waals surface area (Å²) in [4.78, 5) is 0. The van der Waals surface area contributed by atoms with Crippen molar-refractivity contribution in [3.05, 3.63) is 35.9 Å². The highest BCUT2D eigenvalue weighted by molar-refractivity contribution is 7.88. The number of piperidine rings is 1. The molecule has 1 heterocycles. The van der Waals surface area contributed by atoms with Gasteiger partial charge < -0.3 is 5.32 Å². The van der Waals surface area contributed by atoms with Crippen LogP contribution in [-0.2, 0) is 16.4 Å². The SMILES string of the molecule is CS(=O)(=O)N1CCC(NCCc2ccccc2)CC1. The lowest BCUT2D eigenvalue weighted by atomic mass is 10.1. The van der Waals surface area contributed by atoms with Crippen LogP contribution in [0, 0.1) is 0 Å². The number of benzene rings is 1. The maximum atomic E-state index is 11.4. The minimum Gasteiger partial charge on any atom is -0.314 e. The fourth-order valence-corrected chi connectivity index (χ4v) is 3.33. The number of nitrogens with one attached hydrogen (secondary N) is 1. The second-order valence-corrected chi connectivity index (χ2v) is 7.11. The second-order valence-electron chi connectivity index (χ2n) is 5.13. The molecule has 2 rings (SSSR count). The van der Waals surface area contributed by atoms with Gasteiger partial charge in [0.05, 0.1) is 6.26 Å². The third-order valence-corrected chi connectivity index (χ3v) is 4.92. The van der Waals surface area contributed by atoms with Crippen LogP contribution in [0.4, 0.5) is 0 Å². The van der Waals surface area contributed by atoms with Crippen molar-refractivity contribution in [1.29, 1.82) is 0 Å². The predicted octanol–water partition coefficient (Wildman–Crippen LogP) is 1.24. The van der Waals surface area contributed by atoms with E-state index in [0.717, 1.165) is 25.8 Å². The predicted molar refractivity (Wildman–Crippen MR) is 77.6 cm³/mol. The van der Waals surface area contributed by atoms with Gasteiger partial charge in [0.2, 0.25) is 10.0 Å². The molecule has 4 nitrogen and oxygen atoms in total. The smallest absolute Gasteiger partial charge is 0.211 e. The van der Waals surface area contributed by atoms with Crippen LogP contribution in [0.1, 0.15) is 18.4 Å². The molecule has 0 aliphatic carbocycles. The Morgan fingerprint density at radius 3 is 2.42 bits per heavy atom. The molecule has 1 aromatic carbocycles. The second kappa shape index (κ2) is 6.50. The lowest BCUT2D eigenvalue weighted by molar-refractivity contribution is 0.292. The van der Waals surface area contributed by atoms with Crippen molar-refractivity contribution in [3.63, 3.8) is 0 Å². The number of hydrogen-bond acceptors (Lipinski definition) is 3. The number of sulfonamides is 1. The summed E-state index contributed by atoms with van der Waals surface area (Å²) in [5, 5.41) is 3.52. The number of hydrogen-bond donors (Lipinski definition) is 1. The van der Waals surface area contributed by atoms with E-state index in [0.29, 0.717) is 19.1 Å². The topological polar surface area (TPSA) is 49.4 Å². The Labute approximate surface area is 115 Å². The van der Waals surface area contributed by atoms with Crippen LogP contribution >= 0.6 is 0 Å². The molecule has 5 heteroatoms. The molecule has 1 aromatic rings. The fraction of sp³-hybridized carbons (Fsp3) is 0.571. The van der Waals surface area contributed by atoms with Crippen LogP contribution in [0.15, 0.2) is 30.3 Å². The zero-order valence-electron chi connectivity index (χ0n) is 11.4. The maximum Gasteiger partial charge on any atom is 0.211 e. The van der Waals surface area contributed by atoms with Gasteiger partial charge in [-0.05, 0) is 31.4 Å². The molecule has 0 unspecified atom stereocenters. The van der Waals surface area contributed by atoms with Gasteiger partial charge in [0.1, 0.15) is 0 Å². The molecule has 0 aromatic heterocycles. The van der Waals surface area contributed by atoms with Crippen LogP contribution in [0.25, 0.3) is 0 Å². The van der Waals surface area contributed by atoms with Crippen LogP contribution in [0.3, 0.4) is 0 Å². The minimum atomic E-state index is -3.01. The first kappa shape index (κ1) is 14.5. The molecule has 0 spiro atoms. The van der Waals surface area contributed by atoms with Crippen molar-refractivity contribution in [2.24, 2.45) is 0 Å². The molecule has 0 amide bonds. The van der Waals surface area contributed by atoms with E-state index >= 15 is 0 Å². The largest absolute Gasteiger partial charge is 0.314 e. The molecule has 1 aliphatic rings. The summed E-state index contributed by atoms with van der Waals surface area (Å²) in [7, 11) is -3.01. The summed E-state index contributed by atoms with van der Waals surface area (Å²) >= 11 is 0. The summed E-state index contributed by atoms with van der Waals surface area (Å²) < 4.78 is 24.4. The van der Waals surface area contributed by atoms with Crippen LogP contribution < -0.4 is 5.32 Å². The number of rotatable bonds is 5. The van der Waals surface area contributed by atoms with E-state index in [-0.39, 0.29) is 0 Å². The molecule has 0 saturated carbocycles. The first-order chi connectivity index (χ1) is 9.05. The van der Waals surface area contributed by atoms with Crippen molar-refractivity contribution in [1.82, 2.24) is 9.62 Å². The zero-order chi connectivity index (χ0) is 13.7. The van der Waals surface area contributed by atoms with E-state index in [1.165, 1.54) is 11.8 Å². The summed E-state index contributed by atoms with van der Waals surface area (Å²) in [5.74, 6) is 0. The quantitative estimate of drug-likeness (QED) is 0.884. The van der Waals surface area contributed by atoms with E-state index in [1.54, 1.807) is 4.31 Å². The van der Waals surface area contributed by atoms with Gasteiger partial charge in [0, 0.05) is 19.1 Å². The van der Waals surface area contributed by atoms with Gasteiger partial charge in [-0.1, -0.05) is 30.3 Å². The highest BCUT2D eigenvalue weighted by atomic mass is 32.2. The summed E-state index contributed by atoms with van der Waals surface area (Å²) in [6.45, 7) is 2.23. The van der Waals surface area contributed by atoms with Crippen molar-refractivity contribution in [2.45, 2.75) is 25.3 Å². The van der Waals surface area contributed by atoms with Crippen molar-refractivity contribution < 1.29 is 8.42 Å².